The summed E-state index contributed by atoms with van der Waals surface area (Å²) in [6.07, 6.45) is 4.79. The van der Waals surface area contributed by atoms with Gasteiger partial charge in [0.2, 0.25) is 0 Å². The Labute approximate surface area is 94.0 Å². The van der Waals surface area contributed by atoms with Crippen LogP contribution in [0.5, 0.6) is 0 Å². The Morgan fingerprint density at radius 1 is 1.40 bits per heavy atom. The third-order valence-corrected chi connectivity index (χ3v) is 2.20. The highest BCUT2D eigenvalue weighted by atomic mass is 14.9. The first-order valence-corrected chi connectivity index (χ1v) is 5.75. The van der Waals surface area contributed by atoms with E-state index < -0.39 is 0 Å². The van der Waals surface area contributed by atoms with Gasteiger partial charge in [0.1, 0.15) is 0 Å². The first kappa shape index (κ1) is 13.9. The zero-order chi connectivity index (χ0) is 11.8. The highest BCUT2D eigenvalue weighted by Crippen LogP contribution is 2.12. The van der Waals surface area contributed by atoms with Crippen LogP contribution in [0.4, 0.5) is 0 Å². The van der Waals surface area contributed by atoms with Crippen LogP contribution in [0.3, 0.4) is 0 Å². The van der Waals surface area contributed by atoms with Gasteiger partial charge in [-0.3, -0.25) is 0 Å². The molecule has 0 unspecified atom stereocenters. The fraction of sp³-hybridized carbons (Fsp3) is 0.615. The second-order valence-electron chi connectivity index (χ2n) is 4.07. The van der Waals surface area contributed by atoms with Crippen molar-refractivity contribution in [3.05, 3.63) is 23.9 Å². The number of nitrogens with one attached hydrogen (secondary N) is 2. The molecule has 0 aliphatic carbocycles. The number of allylic oxidation sites excluding steroid dienone is 2. The zero-order valence-corrected chi connectivity index (χ0v) is 10.5. The van der Waals surface area contributed by atoms with Crippen molar-refractivity contribution in [1.29, 1.82) is 5.41 Å². The van der Waals surface area contributed by atoms with Crippen LogP contribution in [-0.4, -0.2) is 11.8 Å². The van der Waals surface area contributed by atoms with E-state index in [-0.39, 0.29) is 0 Å². The summed E-state index contributed by atoms with van der Waals surface area (Å²) in [5.74, 6) is 0. The van der Waals surface area contributed by atoms with Crippen LogP contribution in [0.15, 0.2) is 23.9 Å². The van der Waals surface area contributed by atoms with Crippen molar-refractivity contribution in [1.82, 2.24) is 5.32 Å². The molecule has 0 saturated carbocycles. The molecule has 0 aromatic carbocycles. The van der Waals surface area contributed by atoms with Gasteiger partial charge in [0.05, 0.1) is 5.71 Å². The van der Waals surface area contributed by atoms with Crippen molar-refractivity contribution in [2.45, 2.75) is 53.0 Å². The molecular weight excluding hydrogens is 184 g/mol. The van der Waals surface area contributed by atoms with E-state index >= 15 is 0 Å². The smallest absolute Gasteiger partial charge is 0.0612 e. The minimum atomic E-state index is 0.416. The molecule has 0 spiro atoms. The van der Waals surface area contributed by atoms with E-state index in [1.165, 1.54) is 0 Å². The van der Waals surface area contributed by atoms with Gasteiger partial charge in [0.25, 0.3) is 0 Å². The molecule has 86 valence electrons. The average molecular weight is 208 g/mol. The molecule has 0 aliphatic heterocycles. The maximum absolute atomic E-state index is 7.99. The molecule has 0 radical (unpaired) electrons. The lowest BCUT2D eigenvalue weighted by Crippen LogP contribution is -2.18. The maximum Gasteiger partial charge on any atom is 0.0612 e. The molecule has 0 aliphatic rings. The van der Waals surface area contributed by atoms with Crippen molar-refractivity contribution in [2.75, 3.05) is 0 Å². The summed E-state index contributed by atoms with van der Waals surface area (Å²) >= 11 is 0. The molecule has 2 N–H and O–H groups in total. The summed E-state index contributed by atoms with van der Waals surface area (Å²) in [6, 6.07) is 0.416. The Kier molecular flexibility index (Phi) is 6.76. The summed E-state index contributed by atoms with van der Waals surface area (Å²) in [5, 5.41) is 11.2. The van der Waals surface area contributed by atoms with Gasteiger partial charge in [0.15, 0.2) is 0 Å². The topological polar surface area (TPSA) is 35.9 Å². The number of rotatable bonds is 7. The van der Waals surface area contributed by atoms with Crippen molar-refractivity contribution < 1.29 is 0 Å². The quantitative estimate of drug-likeness (QED) is 0.615. The van der Waals surface area contributed by atoms with Gasteiger partial charge in [-0.1, -0.05) is 26.8 Å². The van der Waals surface area contributed by atoms with Gasteiger partial charge in [-0.05, 0) is 37.8 Å². The van der Waals surface area contributed by atoms with E-state index in [1.54, 1.807) is 0 Å². The molecule has 0 amide bonds. The largest absolute Gasteiger partial charge is 0.388 e. The summed E-state index contributed by atoms with van der Waals surface area (Å²) in [4.78, 5) is 0. The van der Waals surface area contributed by atoms with Crippen LogP contribution in [0.1, 0.15) is 47.0 Å². The van der Waals surface area contributed by atoms with Crippen LogP contribution in [-0.2, 0) is 0 Å². The van der Waals surface area contributed by atoms with Gasteiger partial charge >= 0.3 is 0 Å². The zero-order valence-electron chi connectivity index (χ0n) is 10.5. The highest BCUT2D eigenvalue weighted by molar-refractivity contribution is 6.09. The Balaban J connectivity index is 4.46. The molecule has 0 aromatic heterocycles. The molecule has 15 heavy (non-hydrogen) atoms. The van der Waals surface area contributed by atoms with Crippen LogP contribution >= 0.6 is 0 Å². The Morgan fingerprint density at radius 3 is 2.40 bits per heavy atom. The Hall–Kier alpha value is -1.05. The van der Waals surface area contributed by atoms with E-state index in [2.05, 4.69) is 39.6 Å². The van der Waals surface area contributed by atoms with Crippen molar-refractivity contribution >= 4 is 5.71 Å². The second kappa shape index (κ2) is 7.27. The van der Waals surface area contributed by atoms with Gasteiger partial charge in [-0.25, -0.2) is 0 Å². The summed E-state index contributed by atoms with van der Waals surface area (Å²) in [6.45, 7) is 12.3. The fourth-order valence-electron chi connectivity index (χ4n) is 1.27. The van der Waals surface area contributed by atoms with E-state index in [4.69, 9.17) is 5.41 Å². The van der Waals surface area contributed by atoms with E-state index in [1.807, 2.05) is 6.20 Å². The van der Waals surface area contributed by atoms with Crippen molar-refractivity contribution in [3.8, 4) is 0 Å². The van der Waals surface area contributed by atoms with Crippen LogP contribution in [0.2, 0.25) is 0 Å². The molecule has 0 fully saturated rings. The number of hydrogen-bond donors (Lipinski definition) is 2. The van der Waals surface area contributed by atoms with Crippen LogP contribution < -0.4 is 5.32 Å². The molecule has 0 rings (SSSR count). The number of hydrogen-bond acceptors (Lipinski definition) is 2. The lowest BCUT2D eigenvalue weighted by atomic mass is 9.99. The third kappa shape index (κ3) is 5.40. The highest BCUT2D eigenvalue weighted by Gasteiger charge is 2.06. The van der Waals surface area contributed by atoms with Crippen LogP contribution in [0, 0.1) is 5.41 Å². The molecule has 2 nitrogen and oxygen atoms in total. The molecule has 0 bridgehead atoms. The maximum atomic E-state index is 7.99. The predicted octanol–water partition coefficient (Wildman–Crippen LogP) is 3.65. The molecule has 2 heteroatoms. The lowest BCUT2D eigenvalue weighted by molar-refractivity contribution is 0.698. The van der Waals surface area contributed by atoms with E-state index in [0.29, 0.717) is 11.8 Å². The Bertz CT molecular complexity index is 249. The lowest BCUT2D eigenvalue weighted by Gasteiger charge is -2.11. The first-order chi connectivity index (χ1) is 7.02. The van der Waals surface area contributed by atoms with Crippen LogP contribution in [0.25, 0.3) is 0 Å². The average Bonchev–Trinajstić information content (AvgIpc) is 2.18. The van der Waals surface area contributed by atoms with E-state index in [0.717, 1.165) is 30.4 Å². The molecular formula is C13H24N2. The first-order valence-electron chi connectivity index (χ1n) is 5.75. The van der Waals surface area contributed by atoms with Gasteiger partial charge in [0, 0.05) is 12.2 Å². The monoisotopic (exact) mass is 208 g/mol. The third-order valence-electron chi connectivity index (χ3n) is 2.20. The standard InChI is InChI=1S/C13H24N2/c1-6-8-11(5)13(14)12(7-2)9-15-10(3)4/h9-10,14-15H,5-8H2,1-4H3/b12-9-,14-13?. The molecule has 0 atom stereocenters. The predicted molar refractivity (Wildman–Crippen MR) is 68.4 cm³/mol. The second-order valence-corrected chi connectivity index (χ2v) is 4.07. The summed E-state index contributed by atoms with van der Waals surface area (Å²) in [7, 11) is 0. The molecule has 0 saturated heterocycles. The van der Waals surface area contributed by atoms with Crippen molar-refractivity contribution in [2.24, 2.45) is 0 Å². The fourth-order valence-corrected chi connectivity index (χ4v) is 1.27. The van der Waals surface area contributed by atoms with Gasteiger partial charge in [-0.15, -0.1) is 0 Å². The molecule has 0 heterocycles. The minimum Gasteiger partial charge on any atom is -0.388 e. The SMILES string of the molecule is C=C(CCC)C(=N)/C(=C\NC(C)C)CC. The van der Waals surface area contributed by atoms with Crippen molar-refractivity contribution in [3.63, 3.8) is 0 Å². The molecule has 0 aromatic rings. The van der Waals surface area contributed by atoms with Gasteiger partial charge < -0.3 is 10.7 Å². The van der Waals surface area contributed by atoms with E-state index in [9.17, 15) is 0 Å². The summed E-state index contributed by atoms with van der Waals surface area (Å²) < 4.78 is 0. The summed E-state index contributed by atoms with van der Waals surface area (Å²) in [5.41, 5.74) is 2.59. The van der Waals surface area contributed by atoms with Gasteiger partial charge in [-0.2, -0.15) is 0 Å². The Morgan fingerprint density at radius 2 is 2.00 bits per heavy atom. The normalized spacial score (nSPS) is 11.7. The minimum absolute atomic E-state index is 0.416.